The van der Waals surface area contributed by atoms with E-state index in [1.165, 1.54) is 6.33 Å². The predicted molar refractivity (Wildman–Crippen MR) is 59.5 cm³/mol. The fraction of sp³-hybridized carbons (Fsp3) is 0.600. The Morgan fingerprint density at radius 1 is 1.36 bits per heavy atom. The van der Waals surface area contributed by atoms with Crippen LogP contribution in [0, 0.1) is 11.8 Å². The molecule has 14 heavy (non-hydrogen) atoms. The molecule has 0 bridgehead atoms. The first-order chi connectivity index (χ1) is 6.59. The summed E-state index contributed by atoms with van der Waals surface area (Å²) in [5.74, 6) is 2.07. The SMILES string of the molecule is CC(C)C(C)CNc1cc(Cl)ncn1. The van der Waals surface area contributed by atoms with Crippen LogP contribution in [-0.2, 0) is 0 Å². The molecule has 1 rings (SSSR count). The molecule has 0 aliphatic heterocycles. The molecular weight excluding hydrogens is 198 g/mol. The van der Waals surface area contributed by atoms with E-state index < -0.39 is 0 Å². The molecule has 3 nitrogen and oxygen atoms in total. The van der Waals surface area contributed by atoms with Gasteiger partial charge in [0.15, 0.2) is 0 Å². The first kappa shape index (κ1) is 11.2. The van der Waals surface area contributed by atoms with E-state index in [0.717, 1.165) is 12.4 Å². The summed E-state index contributed by atoms with van der Waals surface area (Å²) in [6, 6.07) is 1.73. The number of hydrogen-bond donors (Lipinski definition) is 1. The van der Waals surface area contributed by atoms with Crippen LogP contribution in [0.3, 0.4) is 0 Å². The van der Waals surface area contributed by atoms with Gasteiger partial charge in [-0.3, -0.25) is 0 Å². The van der Waals surface area contributed by atoms with Crippen molar-refractivity contribution in [3.63, 3.8) is 0 Å². The second kappa shape index (κ2) is 5.15. The monoisotopic (exact) mass is 213 g/mol. The average molecular weight is 214 g/mol. The van der Waals surface area contributed by atoms with E-state index in [2.05, 4.69) is 36.1 Å². The van der Waals surface area contributed by atoms with Gasteiger partial charge in [0, 0.05) is 12.6 Å². The fourth-order valence-electron chi connectivity index (χ4n) is 0.932. The highest BCUT2D eigenvalue weighted by atomic mass is 35.5. The van der Waals surface area contributed by atoms with Gasteiger partial charge in [0.2, 0.25) is 0 Å². The van der Waals surface area contributed by atoms with Gasteiger partial charge in [0.1, 0.15) is 17.3 Å². The standard InChI is InChI=1S/C10H16ClN3/c1-7(2)8(3)5-12-10-4-9(11)13-6-14-10/h4,6-8H,5H2,1-3H3,(H,12,13,14). The third kappa shape index (κ3) is 3.50. The van der Waals surface area contributed by atoms with Gasteiger partial charge in [0.05, 0.1) is 0 Å². The zero-order valence-electron chi connectivity index (χ0n) is 8.79. The molecule has 1 unspecified atom stereocenters. The van der Waals surface area contributed by atoms with E-state index >= 15 is 0 Å². The molecule has 4 heteroatoms. The van der Waals surface area contributed by atoms with E-state index in [1.54, 1.807) is 6.07 Å². The van der Waals surface area contributed by atoms with Gasteiger partial charge in [-0.05, 0) is 11.8 Å². The highest BCUT2D eigenvalue weighted by Crippen LogP contribution is 2.12. The van der Waals surface area contributed by atoms with Crippen molar-refractivity contribution >= 4 is 17.4 Å². The zero-order valence-corrected chi connectivity index (χ0v) is 9.54. The van der Waals surface area contributed by atoms with Crippen molar-refractivity contribution in [3.8, 4) is 0 Å². The summed E-state index contributed by atoms with van der Waals surface area (Å²) in [5.41, 5.74) is 0. The topological polar surface area (TPSA) is 37.8 Å². The summed E-state index contributed by atoms with van der Waals surface area (Å²) in [4.78, 5) is 7.88. The summed E-state index contributed by atoms with van der Waals surface area (Å²) in [7, 11) is 0. The van der Waals surface area contributed by atoms with Crippen molar-refractivity contribution < 1.29 is 0 Å². The Kier molecular flexibility index (Phi) is 4.14. The van der Waals surface area contributed by atoms with Gasteiger partial charge in [-0.25, -0.2) is 9.97 Å². The third-order valence-corrected chi connectivity index (χ3v) is 2.58. The van der Waals surface area contributed by atoms with E-state index in [0.29, 0.717) is 17.0 Å². The van der Waals surface area contributed by atoms with Crippen LogP contribution in [0.4, 0.5) is 5.82 Å². The number of halogens is 1. The molecule has 1 heterocycles. The molecule has 0 aliphatic rings. The first-order valence-corrected chi connectivity index (χ1v) is 5.19. The van der Waals surface area contributed by atoms with Gasteiger partial charge in [-0.15, -0.1) is 0 Å². The molecule has 0 spiro atoms. The molecule has 1 aromatic heterocycles. The van der Waals surface area contributed by atoms with Crippen molar-refractivity contribution in [2.24, 2.45) is 11.8 Å². The summed E-state index contributed by atoms with van der Waals surface area (Å²) >= 11 is 5.73. The summed E-state index contributed by atoms with van der Waals surface area (Å²) < 4.78 is 0. The first-order valence-electron chi connectivity index (χ1n) is 4.81. The zero-order chi connectivity index (χ0) is 10.6. The molecular formula is C10H16ClN3. The van der Waals surface area contributed by atoms with Crippen LogP contribution in [-0.4, -0.2) is 16.5 Å². The summed E-state index contributed by atoms with van der Waals surface area (Å²) in [6.45, 7) is 7.53. The number of anilines is 1. The maximum Gasteiger partial charge on any atom is 0.134 e. The molecule has 0 amide bonds. The molecule has 1 N–H and O–H groups in total. The van der Waals surface area contributed by atoms with Gasteiger partial charge in [-0.2, -0.15) is 0 Å². The van der Waals surface area contributed by atoms with E-state index in [4.69, 9.17) is 11.6 Å². The number of nitrogens with one attached hydrogen (secondary N) is 1. The van der Waals surface area contributed by atoms with Crippen LogP contribution in [0.2, 0.25) is 5.15 Å². The molecule has 78 valence electrons. The Hall–Kier alpha value is -0.830. The number of nitrogens with zero attached hydrogens (tertiary/aromatic N) is 2. The van der Waals surface area contributed by atoms with Crippen LogP contribution >= 0.6 is 11.6 Å². The van der Waals surface area contributed by atoms with Crippen molar-refractivity contribution in [1.82, 2.24) is 9.97 Å². The van der Waals surface area contributed by atoms with Crippen LogP contribution in [0.25, 0.3) is 0 Å². The lowest BCUT2D eigenvalue weighted by molar-refractivity contribution is 0.439. The van der Waals surface area contributed by atoms with Gasteiger partial charge < -0.3 is 5.32 Å². The van der Waals surface area contributed by atoms with E-state index in [1.807, 2.05) is 0 Å². The molecule has 0 aliphatic carbocycles. The van der Waals surface area contributed by atoms with Crippen molar-refractivity contribution in [1.29, 1.82) is 0 Å². The van der Waals surface area contributed by atoms with E-state index in [9.17, 15) is 0 Å². The predicted octanol–water partition coefficient (Wildman–Crippen LogP) is 2.83. The van der Waals surface area contributed by atoms with Gasteiger partial charge in [-0.1, -0.05) is 32.4 Å². The van der Waals surface area contributed by atoms with Crippen LogP contribution in [0.5, 0.6) is 0 Å². The third-order valence-electron chi connectivity index (χ3n) is 2.38. The fourth-order valence-corrected chi connectivity index (χ4v) is 1.08. The lowest BCUT2D eigenvalue weighted by Crippen LogP contribution is -2.16. The molecule has 0 radical (unpaired) electrons. The highest BCUT2D eigenvalue weighted by molar-refractivity contribution is 6.29. The maximum atomic E-state index is 5.73. The Balaban J connectivity index is 2.45. The minimum atomic E-state index is 0.472. The second-order valence-corrected chi connectivity index (χ2v) is 4.22. The minimum absolute atomic E-state index is 0.472. The second-order valence-electron chi connectivity index (χ2n) is 3.83. The molecule has 0 saturated heterocycles. The number of rotatable bonds is 4. The van der Waals surface area contributed by atoms with E-state index in [-0.39, 0.29) is 0 Å². The minimum Gasteiger partial charge on any atom is -0.370 e. The lowest BCUT2D eigenvalue weighted by Gasteiger charge is -2.16. The Bertz CT molecular complexity index is 288. The van der Waals surface area contributed by atoms with Crippen LogP contribution < -0.4 is 5.32 Å². The quantitative estimate of drug-likeness (QED) is 0.782. The van der Waals surface area contributed by atoms with Gasteiger partial charge in [0.25, 0.3) is 0 Å². The number of hydrogen-bond acceptors (Lipinski definition) is 3. The Labute approximate surface area is 89.9 Å². The number of aromatic nitrogens is 2. The molecule has 0 fully saturated rings. The van der Waals surface area contributed by atoms with Crippen LogP contribution in [0.15, 0.2) is 12.4 Å². The van der Waals surface area contributed by atoms with Crippen molar-refractivity contribution in [3.05, 3.63) is 17.5 Å². The Morgan fingerprint density at radius 2 is 2.07 bits per heavy atom. The molecule has 0 aromatic carbocycles. The summed E-state index contributed by atoms with van der Waals surface area (Å²) in [5, 5.41) is 3.70. The highest BCUT2D eigenvalue weighted by Gasteiger charge is 2.06. The maximum absolute atomic E-state index is 5.73. The van der Waals surface area contributed by atoms with Gasteiger partial charge >= 0.3 is 0 Å². The molecule has 1 atom stereocenters. The molecule has 1 aromatic rings. The van der Waals surface area contributed by atoms with Crippen molar-refractivity contribution in [2.75, 3.05) is 11.9 Å². The normalized spacial score (nSPS) is 12.9. The lowest BCUT2D eigenvalue weighted by atomic mass is 9.98. The summed E-state index contributed by atoms with van der Waals surface area (Å²) in [6.07, 6.45) is 1.46. The Morgan fingerprint density at radius 3 is 2.64 bits per heavy atom. The van der Waals surface area contributed by atoms with Crippen molar-refractivity contribution in [2.45, 2.75) is 20.8 Å². The smallest absolute Gasteiger partial charge is 0.134 e. The largest absolute Gasteiger partial charge is 0.370 e. The average Bonchev–Trinajstić information content (AvgIpc) is 2.14. The van der Waals surface area contributed by atoms with Crippen LogP contribution in [0.1, 0.15) is 20.8 Å². The molecule has 0 saturated carbocycles.